The lowest BCUT2D eigenvalue weighted by atomic mass is 9.98. The predicted octanol–water partition coefficient (Wildman–Crippen LogP) is 2.96. The summed E-state index contributed by atoms with van der Waals surface area (Å²) in [4.78, 5) is 0. The Kier molecular flexibility index (Phi) is 2.90. The van der Waals surface area contributed by atoms with E-state index >= 15 is 0 Å². The molecule has 1 aromatic carbocycles. The predicted molar refractivity (Wildman–Crippen MR) is 53.5 cm³/mol. The van der Waals surface area contributed by atoms with Crippen LogP contribution in [0.25, 0.3) is 0 Å². The van der Waals surface area contributed by atoms with Crippen LogP contribution in [0.5, 0.6) is 0 Å². The first-order valence-corrected chi connectivity index (χ1v) is 4.53. The Morgan fingerprint density at radius 3 is 2.21 bits per heavy atom. The number of halogens is 2. The van der Waals surface area contributed by atoms with Crippen LogP contribution in [0.1, 0.15) is 29.7 Å². The van der Waals surface area contributed by atoms with Crippen molar-refractivity contribution in [3.05, 3.63) is 34.9 Å². The number of nitrogens with two attached hydrogens (primary N) is 1. The van der Waals surface area contributed by atoms with Gasteiger partial charge in [-0.1, -0.05) is 18.2 Å². The molecule has 0 saturated carbocycles. The van der Waals surface area contributed by atoms with Crippen molar-refractivity contribution in [3.8, 4) is 0 Å². The van der Waals surface area contributed by atoms with Gasteiger partial charge in [0.2, 0.25) is 0 Å². The van der Waals surface area contributed by atoms with Gasteiger partial charge in [-0.15, -0.1) is 0 Å². The molecule has 1 nitrogen and oxygen atoms in total. The maximum absolute atomic E-state index is 12.9. The van der Waals surface area contributed by atoms with Crippen molar-refractivity contribution in [3.63, 3.8) is 0 Å². The maximum Gasteiger partial charge on any atom is 0.264 e. The summed E-state index contributed by atoms with van der Waals surface area (Å²) in [5, 5.41) is 0. The summed E-state index contributed by atoms with van der Waals surface area (Å²) >= 11 is 0. The molecule has 0 heterocycles. The van der Waals surface area contributed by atoms with Crippen LogP contribution in [0, 0.1) is 13.8 Å². The number of rotatable bonds is 2. The van der Waals surface area contributed by atoms with Crippen molar-refractivity contribution < 1.29 is 8.78 Å². The highest BCUT2D eigenvalue weighted by Gasteiger charge is 2.32. The van der Waals surface area contributed by atoms with E-state index in [1.807, 2.05) is 19.9 Å². The SMILES string of the molecule is Cc1ccc(C(N)C(C)(F)F)cc1C. The second-order valence-electron chi connectivity index (χ2n) is 3.78. The molecule has 1 unspecified atom stereocenters. The Morgan fingerprint density at radius 1 is 1.21 bits per heavy atom. The van der Waals surface area contributed by atoms with Crippen LogP contribution in [-0.4, -0.2) is 5.92 Å². The molecule has 0 radical (unpaired) electrons. The summed E-state index contributed by atoms with van der Waals surface area (Å²) in [6.07, 6.45) is 0. The first kappa shape index (κ1) is 11.1. The average molecular weight is 199 g/mol. The summed E-state index contributed by atoms with van der Waals surface area (Å²) in [7, 11) is 0. The second-order valence-corrected chi connectivity index (χ2v) is 3.78. The van der Waals surface area contributed by atoms with Gasteiger partial charge in [0.05, 0.1) is 6.04 Å². The van der Waals surface area contributed by atoms with E-state index in [0.717, 1.165) is 18.1 Å². The zero-order valence-electron chi connectivity index (χ0n) is 8.64. The number of hydrogen-bond donors (Lipinski definition) is 1. The molecule has 0 aliphatic heterocycles. The van der Waals surface area contributed by atoms with Crippen LogP contribution in [-0.2, 0) is 0 Å². The van der Waals surface area contributed by atoms with Gasteiger partial charge < -0.3 is 5.73 Å². The third-order valence-electron chi connectivity index (χ3n) is 2.44. The molecule has 0 aliphatic carbocycles. The molecule has 3 heteroatoms. The van der Waals surface area contributed by atoms with Gasteiger partial charge in [-0.05, 0) is 30.5 Å². The summed E-state index contributed by atoms with van der Waals surface area (Å²) in [5.74, 6) is -2.87. The van der Waals surface area contributed by atoms with Gasteiger partial charge >= 0.3 is 0 Å². The molecule has 1 rings (SSSR count). The Bertz CT molecular complexity index is 329. The fourth-order valence-corrected chi connectivity index (χ4v) is 1.25. The molecule has 0 fully saturated rings. The molecule has 0 aromatic heterocycles. The van der Waals surface area contributed by atoms with Gasteiger partial charge in [0.1, 0.15) is 0 Å². The molecule has 0 spiro atoms. The first-order chi connectivity index (χ1) is 6.32. The molecule has 78 valence electrons. The smallest absolute Gasteiger partial charge is 0.264 e. The molecule has 2 N–H and O–H groups in total. The highest BCUT2D eigenvalue weighted by atomic mass is 19.3. The van der Waals surface area contributed by atoms with Crippen molar-refractivity contribution in [2.45, 2.75) is 32.7 Å². The number of alkyl halides is 2. The molecule has 0 amide bonds. The van der Waals surface area contributed by atoms with Crippen molar-refractivity contribution >= 4 is 0 Å². The summed E-state index contributed by atoms with van der Waals surface area (Å²) in [6.45, 7) is 4.67. The fraction of sp³-hybridized carbons (Fsp3) is 0.455. The average Bonchev–Trinajstić information content (AvgIpc) is 2.07. The van der Waals surface area contributed by atoms with Gasteiger partial charge in [-0.3, -0.25) is 0 Å². The van der Waals surface area contributed by atoms with Crippen molar-refractivity contribution in [2.75, 3.05) is 0 Å². The van der Waals surface area contributed by atoms with E-state index in [9.17, 15) is 8.78 Å². The van der Waals surface area contributed by atoms with Gasteiger partial charge in [0.25, 0.3) is 5.92 Å². The molecule has 1 atom stereocenters. The third-order valence-corrected chi connectivity index (χ3v) is 2.44. The number of aryl methyl sites for hydroxylation is 2. The van der Waals surface area contributed by atoms with Gasteiger partial charge in [0, 0.05) is 6.92 Å². The maximum atomic E-state index is 12.9. The van der Waals surface area contributed by atoms with Crippen molar-refractivity contribution in [2.24, 2.45) is 5.73 Å². The first-order valence-electron chi connectivity index (χ1n) is 4.53. The van der Waals surface area contributed by atoms with Crippen LogP contribution >= 0.6 is 0 Å². The van der Waals surface area contributed by atoms with Crippen molar-refractivity contribution in [1.82, 2.24) is 0 Å². The lowest BCUT2D eigenvalue weighted by molar-refractivity contribution is -0.00620. The van der Waals surface area contributed by atoms with Crippen LogP contribution in [0.15, 0.2) is 18.2 Å². The minimum Gasteiger partial charge on any atom is -0.319 e. The van der Waals surface area contributed by atoms with Crippen LogP contribution < -0.4 is 5.73 Å². The Labute approximate surface area is 82.9 Å². The largest absolute Gasteiger partial charge is 0.319 e. The van der Waals surface area contributed by atoms with E-state index in [2.05, 4.69) is 0 Å². The fourth-order valence-electron chi connectivity index (χ4n) is 1.25. The minimum atomic E-state index is -2.87. The second kappa shape index (κ2) is 3.65. The molecular weight excluding hydrogens is 184 g/mol. The standard InChI is InChI=1S/C11H15F2N/c1-7-4-5-9(6-8(7)2)10(14)11(3,12)13/h4-6,10H,14H2,1-3H3. The molecular formula is C11H15F2N. The van der Waals surface area contributed by atoms with E-state index in [4.69, 9.17) is 5.73 Å². The minimum absolute atomic E-state index is 0.487. The van der Waals surface area contributed by atoms with E-state index in [0.29, 0.717) is 5.56 Å². The van der Waals surface area contributed by atoms with Gasteiger partial charge in [-0.25, -0.2) is 8.78 Å². The highest BCUT2D eigenvalue weighted by Crippen LogP contribution is 2.29. The third kappa shape index (κ3) is 2.29. The normalized spacial score (nSPS) is 14.1. The molecule has 0 aliphatic rings. The Morgan fingerprint density at radius 2 is 1.79 bits per heavy atom. The van der Waals surface area contributed by atoms with E-state index < -0.39 is 12.0 Å². The van der Waals surface area contributed by atoms with E-state index in [1.54, 1.807) is 12.1 Å². The molecule has 0 bridgehead atoms. The highest BCUT2D eigenvalue weighted by molar-refractivity contribution is 5.32. The van der Waals surface area contributed by atoms with Crippen LogP contribution in [0.3, 0.4) is 0 Å². The monoisotopic (exact) mass is 199 g/mol. The van der Waals surface area contributed by atoms with Gasteiger partial charge in [0.15, 0.2) is 0 Å². The molecule has 14 heavy (non-hydrogen) atoms. The number of hydrogen-bond acceptors (Lipinski definition) is 1. The summed E-state index contributed by atoms with van der Waals surface area (Å²) < 4.78 is 25.8. The van der Waals surface area contributed by atoms with Crippen molar-refractivity contribution in [1.29, 1.82) is 0 Å². The summed E-state index contributed by atoms with van der Waals surface area (Å²) in [6, 6.07) is 3.97. The van der Waals surface area contributed by atoms with E-state index in [1.165, 1.54) is 0 Å². The zero-order valence-corrected chi connectivity index (χ0v) is 8.64. The molecule has 1 aromatic rings. The lowest BCUT2D eigenvalue weighted by Gasteiger charge is -2.20. The van der Waals surface area contributed by atoms with E-state index in [-0.39, 0.29) is 0 Å². The lowest BCUT2D eigenvalue weighted by Crippen LogP contribution is -2.29. The van der Waals surface area contributed by atoms with Crippen LogP contribution in [0.2, 0.25) is 0 Å². The Hall–Kier alpha value is -0.960. The van der Waals surface area contributed by atoms with Gasteiger partial charge in [-0.2, -0.15) is 0 Å². The zero-order chi connectivity index (χ0) is 10.9. The summed E-state index contributed by atoms with van der Waals surface area (Å²) in [5.41, 5.74) is 8.00. The Balaban J connectivity index is 3.03. The molecule has 0 saturated heterocycles. The number of benzene rings is 1. The topological polar surface area (TPSA) is 26.0 Å². The quantitative estimate of drug-likeness (QED) is 0.778. The van der Waals surface area contributed by atoms with Crippen LogP contribution in [0.4, 0.5) is 8.78 Å².